The highest BCUT2D eigenvalue weighted by Gasteiger charge is 2.25. The van der Waals surface area contributed by atoms with Crippen LogP contribution in [0.5, 0.6) is 0 Å². The van der Waals surface area contributed by atoms with Gasteiger partial charge < -0.3 is 14.7 Å². The number of amides is 1. The molecule has 0 aliphatic carbocycles. The van der Waals surface area contributed by atoms with Gasteiger partial charge in [0.05, 0.1) is 6.54 Å². The van der Waals surface area contributed by atoms with Crippen LogP contribution in [0.3, 0.4) is 0 Å². The number of carbonyl (C=O) groups excluding carboxylic acids is 1. The molecule has 0 saturated carbocycles. The zero-order chi connectivity index (χ0) is 19.3. The van der Waals surface area contributed by atoms with Crippen LogP contribution in [0.2, 0.25) is 5.02 Å². The fourth-order valence-corrected chi connectivity index (χ4v) is 4.04. The first-order chi connectivity index (χ1) is 13.7. The second-order valence-corrected chi connectivity index (χ2v) is 7.74. The first-order valence-electron chi connectivity index (χ1n) is 9.86. The minimum atomic E-state index is 0.233. The van der Waals surface area contributed by atoms with E-state index in [1.807, 2.05) is 47.5 Å². The van der Waals surface area contributed by atoms with Crippen LogP contribution >= 0.6 is 11.6 Å². The number of hydrogen-bond donors (Lipinski definition) is 0. The SMILES string of the molecule is O=C(CN1CCN(c2cccc(Cl)c2)CC1)N1CCN(c2ccccn2)CC1. The summed E-state index contributed by atoms with van der Waals surface area (Å²) in [5, 5.41) is 0.764. The van der Waals surface area contributed by atoms with Crippen LogP contribution < -0.4 is 9.80 Å². The molecule has 0 radical (unpaired) electrons. The summed E-state index contributed by atoms with van der Waals surface area (Å²) in [5.74, 6) is 1.23. The van der Waals surface area contributed by atoms with E-state index in [1.165, 1.54) is 0 Å². The van der Waals surface area contributed by atoms with E-state index in [0.29, 0.717) is 6.54 Å². The zero-order valence-electron chi connectivity index (χ0n) is 16.0. The molecule has 0 N–H and O–H groups in total. The average molecular weight is 400 g/mol. The van der Waals surface area contributed by atoms with Gasteiger partial charge in [0.15, 0.2) is 0 Å². The van der Waals surface area contributed by atoms with Crippen LogP contribution in [0, 0.1) is 0 Å². The van der Waals surface area contributed by atoms with E-state index in [4.69, 9.17) is 11.6 Å². The lowest BCUT2D eigenvalue weighted by atomic mass is 10.2. The molecule has 148 valence electrons. The molecule has 1 aromatic carbocycles. The molecule has 0 bridgehead atoms. The smallest absolute Gasteiger partial charge is 0.236 e. The molecule has 2 aliphatic rings. The van der Waals surface area contributed by atoms with Gasteiger partial charge in [-0.05, 0) is 30.3 Å². The van der Waals surface area contributed by atoms with E-state index in [0.717, 1.165) is 68.9 Å². The lowest BCUT2D eigenvalue weighted by Crippen LogP contribution is -2.54. The summed E-state index contributed by atoms with van der Waals surface area (Å²) < 4.78 is 0. The molecule has 0 atom stereocenters. The molecular formula is C21H26ClN5O. The van der Waals surface area contributed by atoms with Crippen molar-refractivity contribution in [1.29, 1.82) is 0 Å². The van der Waals surface area contributed by atoms with Gasteiger partial charge in [-0.3, -0.25) is 9.69 Å². The van der Waals surface area contributed by atoms with E-state index in [1.54, 1.807) is 0 Å². The molecule has 28 heavy (non-hydrogen) atoms. The van der Waals surface area contributed by atoms with Crippen molar-refractivity contribution in [3.63, 3.8) is 0 Å². The Hall–Kier alpha value is -2.31. The molecule has 0 spiro atoms. The van der Waals surface area contributed by atoms with Gasteiger partial charge in [0.25, 0.3) is 0 Å². The largest absolute Gasteiger partial charge is 0.369 e. The minimum Gasteiger partial charge on any atom is -0.369 e. The van der Waals surface area contributed by atoms with Crippen LogP contribution in [0.4, 0.5) is 11.5 Å². The Kier molecular flexibility index (Phi) is 5.98. The van der Waals surface area contributed by atoms with Crippen molar-refractivity contribution in [2.24, 2.45) is 0 Å². The van der Waals surface area contributed by atoms with Gasteiger partial charge in [-0.2, -0.15) is 0 Å². The summed E-state index contributed by atoms with van der Waals surface area (Å²) in [6.07, 6.45) is 1.82. The van der Waals surface area contributed by atoms with Crippen molar-refractivity contribution in [2.45, 2.75) is 0 Å². The molecule has 2 saturated heterocycles. The quantitative estimate of drug-likeness (QED) is 0.788. The number of hydrogen-bond acceptors (Lipinski definition) is 5. The number of pyridine rings is 1. The van der Waals surface area contributed by atoms with E-state index in [9.17, 15) is 4.79 Å². The summed E-state index contributed by atoms with van der Waals surface area (Å²) in [7, 11) is 0. The fraction of sp³-hybridized carbons (Fsp3) is 0.429. The molecule has 0 unspecified atom stereocenters. The second kappa shape index (κ2) is 8.80. The summed E-state index contributed by atoms with van der Waals surface area (Å²) in [6, 6.07) is 13.9. The number of anilines is 2. The molecule has 7 heteroatoms. The van der Waals surface area contributed by atoms with Crippen LogP contribution in [0.25, 0.3) is 0 Å². The van der Waals surface area contributed by atoms with Crippen molar-refractivity contribution in [1.82, 2.24) is 14.8 Å². The predicted octanol–water partition coefficient (Wildman–Crippen LogP) is 2.21. The Balaban J connectivity index is 1.23. The molecule has 2 aromatic rings. The molecule has 4 rings (SSSR count). The topological polar surface area (TPSA) is 42.9 Å². The average Bonchev–Trinajstić information content (AvgIpc) is 2.75. The van der Waals surface area contributed by atoms with Gasteiger partial charge in [0.2, 0.25) is 5.91 Å². The summed E-state index contributed by atoms with van der Waals surface area (Å²) in [4.78, 5) is 26.0. The van der Waals surface area contributed by atoms with Crippen molar-refractivity contribution >= 4 is 29.0 Å². The van der Waals surface area contributed by atoms with Gasteiger partial charge in [-0.15, -0.1) is 0 Å². The number of rotatable bonds is 4. The lowest BCUT2D eigenvalue weighted by Gasteiger charge is -2.38. The Morgan fingerprint density at radius 3 is 2.32 bits per heavy atom. The van der Waals surface area contributed by atoms with Crippen LogP contribution in [-0.4, -0.2) is 79.6 Å². The van der Waals surface area contributed by atoms with Gasteiger partial charge in [-0.1, -0.05) is 23.7 Å². The summed E-state index contributed by atoms with van der Waals surface area (Å²) in [6.45, 7) is 7.33. The monoisotopic (exact) mass is 399 g/mol. The number of piperazine rings is 2. The minimum absolute atomic E-state index is 0.233. The molecule has 1 aromatic heterocycles. The molecule has 3 heterocycles. The predicted molar refractivity (Wildman–Crippen MR) is 113 cm³/mol. The Labute approximate surface area is 171 Å². The van der Waals surface area contributed by atoms with Crippen LogP contribution in [-0.2, 0) is 4.79 Å². The highest BCUT2D eigenvalue weighted by molar-refractivity contribution is 6.30. The summed E-state index contributed by atoms with van der Waals surface area (Å²) in [5.41, 5.74) is 1.16. The third-order valence-corrected chi connectivity index (χ3v) is 5.75. The van der Waals surface area contributed by atoms with Crippen LogP contribution in [0.1, 0.15) is 0 Å². The molecule has 2 aliphatic heterocycles. The van der Waals surface area contributed by atoms with Gasteiger partial charge >= 0.3 is 0 Å². The maximum atomic E-state index is 12.7. The number of nitrogens with zero attached hydrogens (tertiary/aromatic N) is 5. The second-order valence-electron chi connectivity index (χ2n) is 7.30. The standard InChI is InChI=1S/C21H26ClN5O/c22-18-4-3-5-19(16-18)25-10-8-24(9-11-25)17-21(28)27-14-12-26(13-15-27)20-6-1-2-7-23-20/h1-7,16H,8-15,17H2. The number of carbonyl (C=O) groups is 1. The Bertz CT molecular complexity index is 786. The van der Waals surface area contributed by atoms with Gasteiger partial charge in [0, 0.05) is 69.3 Å². The van der Waals surface area contributed by atoms with E-state index in [-0.39, 0.29) is 5.91 Å². The number of halogens is 1. The Morgan fingerprint density at radius 2 is 1.64 bits per heavy atom. The van der Waals surface area contributed by atoms with Gasteiger partial charge in [-0.25, -0.2) is 4.98 Å². The van der Waals surface area contributed by atoms with Gasteiger partial charge in [0.1, 0.15) is 5.82 Å². The third kappa shape index (κ3) is 4.56. The zero-order valence-corrected chi connectivity index (χ0v) is 16.8. The van der Waals surface area contributed by atoms with Crippen molar-refractivity contribution in [2.75, 3.05) is 68.7 Å². The maximum absolute atomic E-state index is 12.7. The summed E-state index contributed by atoms with van der Waals surface area (Å²) >= 11 is 6.10. The first-order valence-corrected chi connectivity index (χ1v) is 10.2. The van der Waals surface area contributed by atoms with Crippen molar-refractivity contribution in [3.8, 4) is 0 Å². The fourth-order valence-electron chi connectivity index (χ4n) is 3.85. The molecular weight excluding hydrogens is 374 g/mol. The first kappa shape index (κ1) is 19.0. The lowest BCUT2D eigenvalue weighted by molar-refractivity contribution is -0.132. The normalized spacial score (nSPS) is 18.4. The van der Waals surface area contributed by atoms with Crippen molar-refractivity contribution in [3.05, 3.63) is 53.7 Å². The maximum Gasteiger partial charge on any atom is 0.236 e. The van der Waals surface area contributed by atoms with Crippen LogP contribution in [0.15, 0.2) is 48.7 Å². The highest BCUT2D eigenvalue weighted by Crippen LogP contribution is 2.21. The number of benzene rings is 1. The molecule has 6 nitrogen and oxygen atoms in total. The third-order valence-electron chi connectivity index (χ3n) is 5.51. The van der Waals surface area contributed by atoms with E-state index >= 15 is 0 Å². The Morgan fingerprint density at radius 1 is 0.893 bits per heavy atom. The number of aromatic nitrogens is 1. The van der Waals surface area contributed by atoms with E-state index in [2.05, 4.69) is 25.8 Å². The molecule has 1 amide bonds. The highest BCUT2D eigenvalue weighted by atomic mass is 35.5. The van der Waals surface area contributed by atoms with E-state index < -0.39 is 0 Å². The van der Waals surface area contributed by atoms with Crippen molar-refractivity contribution < 1.29 is 4.79 Å². The molecule has 2 fully saturated rings.